The third kappa shape index (κ3) is 13.7. The highest BCUT2D eigenvalue weighted by Gasteiger charge is 2.25. The van der Waals surface area contributed by atoms with Gasteiger partial charge >= 0.3 is 0 Å². The molecule has 214 valence electrons. The molecular formula is C34H49IN2O2. The van der Waals surface area contributed by atoms with E-state index in [1.807, 2.05) is 42.5 Å². The summed E-state index contributed by atoms with van der Waals surface area (Å²) in [5.41, 5.74) is 2.61. The van der Waals surface area contributed by atoms with E-state index in [-0.39, 0.29) is 24.0 Å². The number of benzene rings is 3. The van der Waals surface area contributed by atoms with E-state index in [1.54, 1.807) is 0 Å². The minimum Gasteiger partial charge on any atom is -1.00 e. The lowest BCUT2D eigenvalue weighted by molar-refractivity contribution is -0.895. The van der Waals surface area contributed by atoms with Crippen molar-refractivity contribution in [3.8, 4) is 11.5 Å². The smallest absolute Gasteiger partial charge is 0.120 e. The van der Waals surface area contributed by atoms with Crippen molar-refractivity contribution in [2.24, 2.45) is 0 Å². The molecule has 39 heavy (non-hydrogen) atoms. The van der Waals surface area contributed by atoms with Gasteiger partial charge in [0.05, 0.1) is 34.3 Å². The van der Waals surface area contributed by atoms with Crippen LogP contribution in [0.1, 0.15) is 49.7 Å². The van der Waals surface area contributed by atoms with Crippen molar-refractivity contribution in [3.05, 3.63) is 96.1 Å². The predicted molar refractivity (Wildman–Crippen MR) is 160 cm³/mol. The summed E-state index contributed by atoms with van der Waals surface area (Å²) in [4.78, 5) is 2.53. The molecule has 0 amide bonds. The molecule has 3 rings (SSSR count). The molecule has 3 aromatic rings. The summed E-state index contributed by atoms with van der Waals surface area (Å²) in [6.45, 7) is 3.68. The molecule has 1 atom stereocenters. The third-order valence-electron chi connectivity index (χ3n) is 7.21. The number of hydrogen-bond acceptors (Lipinski definition) is 3. The molecule has 3 aromatic carbocycles. The lowest BCUT2D eigenvalue weighted by Crippen LogP contribution is -3.00. The van der Waals surface area contributed by atoms with E-state index in [2.05, 4.69) is 75.6 Å². The average molecular weight is 645 g/mol. The Hall–Kier alpha value is -2.09. The van der Waals surface area contributed by atoms with Crippen molar-refractivity contribution < 1.29 is 37.9 Å². The molecule has 0 spiro atoms. The standard InChI is InChI=1S/C34H49N2O2.HI/c1-35(28-32(36(2,3)4)27-30-17-11-9-12-18-30)25-15-7-5-6-8-16-26-37-33-21-23-34(24-22-33)38-29-31-19-13-10-14-20-31;/h9-14,17-24,32H,5-8,15-16,25-29H2,1-4H3;1H/q+1;/p-1. The normalized spacial score (nSPS) is 12.1. The highest BCUT2D eigenvalue weighted by molar-refractivity contribution is 5.31. The van der Waals surface area contributed by atoms with Crippen LogP contribution >= 0.6 is 0 Å². The van der Waals surface area contributed by atoms with Crippen molar-refractivity contribution in [3.63, 3.8) is 0 Å². The summed E-state index contributed by atoms with van der Waals surface area (Å²) in [7, 11) is 9.25. The van der Waals surface area contributed by atoms with Gasteiger partial charge in [0, 0.05) is 6.42 Å². The zero-order chi connectivity index (χ0) is 27.1. The fourth-order valence-corrected chi connectivity index (χ4v) is 4.67. The maximum Gasteiger partial charge on any atom is 0.120 e. The van der Waals surface area contributed by atoms with Gasteiger partial charge in [0.15, 0.2) is 0 Å². The number of rotatable bonds is 18. The minimum absolute atomic E-state index is 0. The van der Waals surface area contributed by atoms with Gasteiger partial charge in [-0.25, -0.2) is 0 Å². The van der Waals surface area contributed by atoms with Crippen LogP contribution in [0.2, 0.25) is 0 Å². The van der Waals surface area contributed by atoms with E-state index in [0.717, 1.165) is 42.0 Å². The maximum atomic E-state index is 5.93. The zero-order valence-electron chi connectivity index (χ0n) is 24.5. The SMILES string of the molecule is CN(CCCCCCCCOc1ccc(OCc2ccccc2)cc1)CC(Cc1ccccc1)[N+](C)(C)C.[I-]. The van der Waals surface area contributed by atoms with Gasteiger partial charge < -0.3 is 42.8 Å². The maximum absolute atomic E-state index is 5.93. The van der Waals surface area contributed by atoms with Gasteiger partial charge in [0.2, 0.25) is 0 Å². The first-order valence-corrected chi connectivity index (χ1v) is 14.3. The van der Waals surface area contributed by atoms with E-state index in [1.165, 1.54) is 49.8 Å². The van der Waals surface area contributed by atoms with E-state index in [9.17, 15) is 0 Å². The van der Waals surface area contributed by atoms with E-state index >= 15 is 0 Å². The third-order valence-corrected chi connectivity index (χ3v) is 7.21. The van der Waals surface area contributed by atoms with Crippen LogP contribution in [0.4, 0.5) is 0 Å². The molecular weight excluding hydrogens is 595 g/mol. The van der Waals surface area contributed by atoms with Crippen LogP contribution in [-0.4, -0.2) is 63.3 Å². The average Bonchev–Trinajstić information content (AvgIpc) is 2.92. The summed E-state index contributed by atoms with van der Waals surface area (Å²) in [6, 6.07) is 29.7. The molecule has 0 radical (unpaired) electrons. The molecule has 5 heteroatoms. The number of unbranched alkanes of at least 4 members (excludes halogenated alkanes) is 5. The molecule has 0 heterocycles. The molecule has 0 aromatic heterocycles. The van der Waals surface area contributed by atoms with Gasteiger partial charge in [-0.05, 0) is 61.8 Å². The Morgan fingerprint density at radius 1 is 0.641 bits per heavy atom. The molecule has 0 aliphatic heterocycles. The van der Waals surface area contributed by atoms with Crippen molar-refractivity contribution in [2.75, 3.05) is 47.9 Å². The first-order valence-electron chi connectivity index (χ1n) is 14.3. The van der Waals surface area contributed by atoms with Gasteiger partial charge in [0.25, 0.3) is 0 Å². The lowest BCUT2D eigenvalue weighted by Gasteiger charge is -2.36. The first kappa shape index (κ1) is 33.1. The number of nitrogens with zero attached hydrogens (tertiary/aromatic N) is 2. The van der Waals surface area contributed by atoms with Crippen LogP contribution in [-0.2, 0) is 13.0 Å². The Balaban J connectivity index is 0.00000533. The molecule has 0 aliphatic carbocycles. The van der Waals surface area contributed by atoms with Crippen LogP contribution in [0.15, 0.2) is 84.9 Å². The molecule has 0 saturated carbocycles. The number of hydrogen-bond donors (Lipinski definition) is 0. The molecule has 4 nitrogen and oxygen atoms in total. The number of likely N-dealkylation sites (N-methyl/N-ethyl adjacent to an activating group) is 2. The largest absolute Gasteiger partial charge is 1.00 e. The molecule has 0 aliphatic rings. The predicted octanol–water partition coefficient (Wildman–Crippen LogP) is 4.24. The number of quaternary nitrogens is 1. The molecule has 0 saturated heterocycles. The Morgan fingerprint density at radius 2 is 1.15 bits per heavy atom. The summed E-state index contributed by atoms with van der Waals surface area (Å²) in [5, 5.41) is 0. The summed E-state index contributed by atoms with van der Waals surface area (Å²) < 4.78 is 12.8. The van der Waals surface area contributed by atoms with Crippen molar-refractivity contribution >= 4 is 0 Å². The monoisotopic (exact) mass is 644 g/mol. The van der Waals surface area contributed by atoms with Gasteiger partial charge in [-0.1, -0.05) is 86.3 Å². The minimum atomic E-state index is 0. The van der Waals surface area contributed by atoms with Crippen LogP contribution in [0.25, 0.3) is 0 Å². The fraction of sp³-hybridized carbons (Fsp3) is 0.471. The van der Waals surface area contributed by atoms with Crippen LogP contribution in [0.3, 0.4) is 0 Å². The number of ether oxygens (including phenoxy) is 2. The van der Waals surface area contributed by atoms with Gasteiger partial charge in [0.1, 0.15) is 24.1 Å². The van der Waals surface area contributed by atoms with E-state index < -0.39 is 0 Å². The summed E-state index contributed by atoms with van der Waals surface area (Å²) in [5.74, 6) is 1.79. The second-order valence-electron chi connectivity index (χ2n) is 11.4. The van der Waals surface area contributed by atoms with Gasteiger partial charge in [-0.3, -0.25) is 0 Å². The number of halogens is 1. The summed E-state index contributed by atoms with van der Waals surface area (Å²) >= 11 is 0. The molecule has 0 N–H and O–H groups in total. The highest BCUT2D eigenvalue weighted by atomic mass is 127. The second kappa shape index (κ2) is 18.3. The summed E-state index contributed by atoms with van der Waals surface area (Å²) in [6.07, 6.45) is 8.65. The fourth-order valence-electron chi connectivity index (χ4n) is 4.67. The van der Waals surface area contributed by atoms with E-state index in [4.69, 9.17) is 9.47 Å². The van der Waals surface area contributed by atoms with Crippen LogP contribution in [0, 0.1) is 0 Å². The highest BCUT2D eigenvalue weighted by Crippen LogP contribution is 2.19. The topological polar surface area (TPSA) is 21.7 Å². The molecule has 0 fully saturated rings. The first-order chi connectivity index (χ1) is 18.4. The van der Waals surface area contributed by atoms with Crippen LogP contribution in [0.5, 0.6) is 11.5 Å². The van der Waals surface area contributed by atoms with Crippen molar-refractivity contribution in [1.29, 1.82) is 0 Å². The Labute approximate surface area is 254 Å². The zero-order valence-corrected chi connectivity index (χ0v) is 26.7. The molecule has 0 bridgehead atoms. The van der Waals surface area contributed by atoms with Crippen molar-refractivity contribution in [1.82, 2.24) is 4.90 Å². The Kier molecular flexibility index (Phi) is 15.5. The van der Waals surface area contributed by atoms with Crippen molar-refractivity contribution in [2.45, 2.75) is 57.6 Å². The lowest BCUT2D eigenvalue weighted by atomic mass is 10.0. The van der Waals surface area contributed by atoms with Crippen LogP contribution < -0.4 is 33.5 Å². The van der Waals surface area contributed by atoms with Gasteiger partial charge in [-0.2, -0.15) is 0 Å². The van der Waals surface area contributed by atoms with Gasteiger partial charge in [-0.15, -0.1) is 0 Å². The Bertz CT molecular complexity index is 1010. The Morgan fingerprint density at radius 3 is 1.74 bits per heavy atom. The van der Waals surface area contributed by atoms with E-state index in [0.29, 0.717) is 12.6 Å². The second-order valence-corrected chi connectivity index (χ2v) is 11.4. The molecule has 1 unspecified atom stereocenters. The quantitative estimate of drug-likeness (QED) is 0.118.